The summed E-state index contributed by atoms with van der Waals surface area (Å²) in [7, 11) is 0. The molecule has 0 bridgehead atoms. The van der Waals surface area contributed by atoms with Crippen molar-refractivity contribution in [2.75, 3.05) is 6.26 Å². The molecular formula is C15H12N2O3S. The highest BCUT2D eigenvalue weighted by Crippen LogP contribution is 2.21. The third-order valence-electron chi connectivity index (χ3n) is 3.24. The SMILES string of the molecule is CSc1cccc(-n2c(=O)[nH]c3cc(C(=O)O)ccc32)c1. The second-order valence-electron chi connectivity index (χ2n) is 4.50. The number of imidazole rings is 1. The predicted molar refractivity (Wildman–Crippen MR) is 82.6 cm³/mol. The van der Waals surface area contributed by atoms with Gasteiger partial charge in [0.2, 0.25) is 0 Å². The number of aromatic amines is 1. The molecule has 0 spiro atoms. The number of nitrogens with zero attached hydrogens (tertiary/aromatic N) is 1. The highest BCUT2D eigenvalue weighted by atomic mass is 32.2. The third-order valence-corrected chi connectivity index (χ3v) is 3.97. The van der Waals surface area contributed by atoms with Crippen molar-refractivity contribution in [2.45, 2.75) is 4.90 Å². The van der Waals surface area contributed by atoms with Crippen molar-refractivity contribution < 1.29 is 9.90 Å². The Morgan fingerprint density at radius 2 is 2.05 bits per heavy atom. The highest BCUT2D eigenvalue weighted by Gasteiger charge is 2.11. The molecule has 106 valence electrons. The normalized spacial score (nSPS) is 10.9. The monoisotopic (exact) mass is 300 g/mol. The van der Waals surface area contributed by atoms with E-state index in [4.69, 9.17) is 5.11 Å². The number of aromatic carboxylic acids is 1. The Balaban J connectivity index is 2.25. The first-order valence-electron chi connectivity index (χ1n) is 6.22. The van der Waals surface area contributed by atoms with Gasteiger partial charge in [0.15, 0.2) is 0 Å². The van der Waals surface area contributed by atoms with Crippen LogP contribution in [0.3, 0.4) is 0 Å². The molecule has 0 aliphatic carbocycles. The molecule has 6 heteroatoms. The summed E-state index contributed by atoms with van der Waals surface area (Å²) in [6, 6.07) is 12.2. The lowest BCUT2D eigenvalue weighted by Crippen LogP contribution is -2.14. The fourth-order valence-corrected chi connectivity index (χ4v) is 2.70. The lowest BCUT2D eigenvalue weighted by molar-refractivity contribution is 0.0697. The Morgan fingerprint density at radius 3 is 2.76 bits per heavy atom. The zero-order valence-electron chi connectivity index (χ0n) is 11.2. The molecule has 3 rings (SSSR count). The number of hydrogen-bond donors (Lipinski definition) is 2. The van der Waals surface area contributed by atoms with Gasteiger partial charge in [-0.3, -0.25) is 4.57 Å². The molecule has 2 N–H and O–H groups in total. The third kappa shape index (κ3) is 2.34. The summed E-state index contributed by atoms with van der Waals surface area (Å²) in [6.45, 7) is 0. The van der Waals surface area contributed by atoms with Crippen LogP contribution in [0.2, 0.25) is 0 Å². The van der Waals surface area contributed by atoms with E-state index in [0.717, 1.165) is 10.6 Å². The van der Waals surface area contributed by atoms with Gasteiger partial charge >= 0.3 is 11.7 Å². The molecule has 2 aromatic carbocycles. The molecule has 0 aliphatic heterocycles. The summed E-state index contributed by atoms with van der Waals surface area (Å²) < 4.78 is 1.54. The van der Waals surface area contributed by atoms with Crippen LogP contribution in [0.5, 0.6) is 0 Å². The first-order valence-corrected chi connectivity index (χ1v) is 7.45. The van der Waals surface area contributed by atoms with Crippen LogP contribution in [0.15, 0.2) is 52.2 Å². The number of hydrogen-bond acceptors (Lipinski definition) is 3. The minimum Gasteiger partial charge on any atom is -0.478 e. The maximum atomic E-state index is 12.2. The van der Waals surface area contributed by atoms with Gasteiger partial charge in [0.05, 0.1) is 22.3 Å². The van der Waals surface area contributed by atoms with Crippen LogP contribution in [0.1, 0.15) is 10.4 Å². The van der Waals surface area contributed by atoms with Crippen molar-refractivity contribution in [3.05, 3.63) is 58.5 Å². The molecule has 3 aromatic rings. The van der Waals surface area contributed by atoms with Crippen LogP contribution in [0.4, 0.5) is 0 Å². The molecule has 0 atom stereocenters. The standard InChI is InChI=1S/C15H12N2O3S/c1-21-11-4-2-3-10(8-11)17-13-6-5-9(14(18)19)7-12(13)16-15(17)20/h2-8H,1H3,(H,16,20)(H,18,19). The lowest BCUT2D eigenvalue weighted by Gasteiger charge is -2.05. The molecule has 0 radical (unpaired) electrons. The van der Waals surface area contributed by atoms with Crippen LogP contribution in [0, 0.1) is 0 Å². The van der Waals surface area contributed by atoms with E-state index in [1.807, 2.05) is 30.5 Å². The molecule has 1 aromatic heterocycles. The van der Waals surface area contributed by atoms with Crippen molar-refractivity contribution in [1.82, 2.24) is 9.55 Å². The van der Waals surface area contributed by atoms with Gasteiger partial charge in [-0.2, -0.15) is 0 Å². The van der Waals surface area contributed by atoms with Gasteiger partial charge in [0, 0.05) is 4.90 Å². The van der Waals surface area contributed by atoms with Gasteiger partial charge in [0.25, 0.3) is 0 Å². The number of nitrogens with one attached hydrogen (secondary N) is 1. The summed E-state index contributed by atoms with van der Waals surface area (Å²) in [4.78, 5) is 26.9. The number of H-pyrrole nitrogens is 1. The fraction of sp³-hybridized carbons (Fsp3) is 0.0667. The lowest BCUT2D eigenvalue weighted by atomic mass is 10.2. The molecule has 0 fully saturated rings. The minimum atomic E-state index is -1.02. The van der Waals surface area contributed by atoms with Gasteiger partial charge < -0.3 is 10.1 Å². The van der Waals surface area contributed by atoms with Crippen molar-refractivity contribution >= 4 is 28.8 Å². The van der Waals surface area contributed by atoms with Crippen molar-refractivity contribution in [3.8, 4) is 5.69 Å². The molecule has 0 unspecified atom stereocenters. The number of thioether (sulfide) groups is 1. The van der Waals surface area contributed by atoms with Gasteiger partial charge in [-0.15, -0.1) is 11.8 Å². The van der Waals surface area contributed by atoms with E-state index in [-0.39, 0.29) is 11.3 Å². The average Bonchev–Trinajstić information content (AvgIpc) is 2.82. The summed E-state index contributed by atoms with van der Waals surface area (Å²) in [6.07, 6.45) is 1.97. The first-order chi connectivity index (χ1) is 10.1. The Labute approximate surface area is 124 Å². The van der Waals surface area contributed by atoms with Gasteiger partial charge in [0.1, 0.15) is 0 Å². The Hall–Kier alpha value is -2.47. The minimum absolute atomic E-state index is 0.147. The topological polar surface area (TPSA) is 75.1 Å². The highest BCUT2D eigenvalue weighted by molar-refractivity contribution is 7.98. The maximum absolute atomic E-state index is 12.2. The molecule has 21 heavy (non-hydrogen) atoms. The Bertz CT molecular complexity index is 895. The van der Waals surface area contributed by atoms with Crippen molar-refractivity contribution in [3.63, 3.8) is 0 Å². The molecule has 0 saturated heterocycles. The number of benzene rings is 2. The quantitative estimate of drug-likeness (QED) is 0.729. The fourth-order valence-electron chi connectivity index (χ4n) is 2.25. The predicted octanol–water partition coefficient (Wildman–Crippen LogP) is 2.74. The maximum Gasteiger partial charge on any atom is 0.335 e. The molecule has 1 heterocycles. The van der Waals surface area contributed by atoms with Crippen LogP contribution in [-0.4, -0.2) is 26.9 Å². The van der Waals surface area contributed by atoms with Crippen LogP contribution < -0.4 is 5.69 Å². The molecule has 0 saturated carbocycles. The van der Waals surface area contributed by atoms with Crippen molar-refractivity contribution in [1.29, 1.82) is 0 Å². The van der Waals surface area contributed by atoms with Crippen molar-refractivity contribution in [2.24, 2.45) is 0 Å². The molecule has 5 nitrogen and oxygen atoms in total. The average molecular weight is 300 g/mol. The molecule has 0 amide bonds. The van der Waals surface area contributed by atoms with Gasteiger partial charge in [-0.05, 0) is 42.7 Å². The molecular weight excluding hydrogens is 288 g/mol. The molecule has 0 aliphatic rings. The van der Waals surface area contributed by atoms with E-state index in [1.54, 1.807) is 22.4 Å². The van der Waals surface area contributed by atoms with Crippen LogP contribution >= 0.6 is 11.8 Å². The summed E-state index contributed by atoms with van der Waals surface area (Å²) in [5.41, 5.74) is 1.78. The summed E-state index contributed by atoms with van der Waals surface area (Å²) in [5.74, 6) is -1.02. The van der Waals surface area contributed by atoms with E-state index in [2.05, 4.69) is 4.98 Å². The number of carbonyl (C=O) groups is 1. The zero-order chi connectivity index (χ0) is 15.0. The van der Waals surface area contributed by atoms with E-state index < -0.39 is 5.97 Å². The Morgan fingerprint density at radius 1 is 1.24 bits per heavy atom. The summed E-state index contributed by atoms with van der Waals surface area (Å²) in [5, 5.41) is 9.00. The number of fused-ring (bicyclic) bond motifs is 1. The van der Waals surface area contributed by atoms with E-state index >= 15 is 0 Å². The summed E-state index contributed by atoms with van der Waals surface area (Å²) >= 11 is 1.59. The Kier molecular flexibility index (Phi) is 3.31. The number of aromatic nitrogens is 2. The van der Waals surface area contributed by atoms with E-state index in [9.17, 15) is 9.59 Å². The van der Waals surface area contributed by atoms with E-state index in [1.165, 1.54) is 12.1 Å². The largest absolute Gasteiger partial charge is 0.478 e. The van der Waals surface area contributed by atoms with Gasteiger partial charge in [-0.1, -0.05) is 6.07 Å². The first kappa shape index (κ1) is 13.5. The smallest absolute Gasteiger partial charge is 0.335 e. The second-order valence-corrected chi connectivity index (χ2v) is 5.38. The zero-order valence-corrected chi connectivity index (χ0v) is 12.0. The van der Waals surface area contributed by atoms with Crippen LogP contribution in [0.25, 0.3) is 16.7 Å². The number of carboxylic acids is 1. The number of rotatable bonds is 3. The van der Waals surface area contributed by atoms with Gasteiger partial charge in [-0.25, -0.2) is 9.59 Å². The number of carboxylic acid groups (broad SMARTS) is 1. The van der Waals surface area contributed by atoms with Crippen LogP contribution in [-0.2, 0) is 0 Å². The van der Waals surface area contributed by atoms with E-state index in [0.29, 0.717) is 11.0 Å². The second kappa shape index (κ2) is 5.14.